The van der Waals surface area contributed by atoms with E-state index in [1.54, 1.807) is 0 Å². The van der Waals surface area contributed by atoms with E-state index in [1.807, 2.05) is 23.3 Å². The molecule has 0 amide bonds. The number of aliphatic imine (C=N–C) groups is 1. The van der Waals surface area contributed by atoms with Gasteiger partial charge in [-0.05, 0) is 12.0 Å². The lowest BCUT2D eigenvalue weighted by Crippen LogP contribution is -2.38. The number of nitrogens with zero attached hydrogens (tertiary/aromatic N) is 2. The van der Waals surface area contributed by atoms with Crippen LogP contribution in [0.4, 0.5) is 0 Å². The maximum absolute atomic E-state index is 5.74. The van der Waals surface area contributed by atoms with Crippen LogP contribution in [0.2, 0.25) is 0 Å². The number of rotatable bonds is 5. The Morgan fingerprint density at radius 1 is 1.35 bits per heavy atom. The van der Waals surface area contributed by atoms with E-state index in [2.05, 4.69) is 29.4 Å². The zero-order valence-electron chi connectivity index (χ0n) is 10.2. The summed E-state index contributed by atoms with van der Waals surface area (Å²) in [7, 11) is 0. The van der Waals surface area contributed by atoms with Crippen molar-refractivity contribution in [1.29, 1.82) is 0 Å². The highest BCUT2D eigenvalue weighted by molar-refractivity contribution is 5.80. The Morgan fingerprint density at radius 2 is 2.18 bits per heavy atom. The fraction of sp³-hybridized carbons (Fsp3) is 0.462. The molecule has 1 aliphatic heterocycles. The molecule has 0 aromatic heterocycles. The Kier molecular flexibility index (Phi) is 4.38. The first-order valence-electron chi connectivity index (χ1n) is 6.13. The topological polar surface area (TPSA) is 36.9 Å². The highest BCUT2D eigenvalue weighted by atomic mass is 16.7. The lowest BCUT2D eigenvalue weighted by Gasteiger charge is -2.20. The van der Waals surface area contributed by atoms with Crippen LogP contribution in [-0.4, -0.2) is 30.7 Å². The lowest BCUT2D eigenvalue weighted by molar-refractivity contribution is -0.105. The van der Waals surface area contributed by atoms with Crippen molar-refractivity contribution in [1.82, 2.24) is 10.4 Å². The molecule has 0 radical (unpaired) electrons. The Bertz CT molecular complexity index is 364. The predicted molar refractivity (Wildman–Crippen MR) is 68.5 cm³/mol. The first-order valence-corrected chi connectivity index (χ1v) is 6.13. The molecular weight excluding hydrogens is 214 g/mol. The molecule has 0 saturated carbocycles. The van der Waals surface area contributed by atoms with Crippen LogP contribution in [0.3, 0.4) is 0 Å². The zero-order chi connectivity index (χ0) is 11.9. The molecule has 0 unspecified atom stereocenters. The smallest absolute Gasteiger partial charge is 0.218 e. The number of benzene rings is 1. The van der Waals surface area contributed by atoms with Crippen LogP contribution in [0, 0.1) is 0 Å². The molecule has 1 aromatic rings. The summed E-state index contributed by atoms with van der Waals surface area (Å²) in [5, 5.41) is 5.12. The molecule has 0 atom stereocenters. The standard InChI is InChI=1S/C13H19N3O/c1-2-8-14-13-15-9-10-16(13)17-11-12-6-4-3-5-7-12/h3-7H,2,8-11H2,1H3,(H,14,15). The fourth-order valence-corrected chi connectivity index (χ4v) is 1.66. The van der Waals surface area contributed by atoms with Gasteiger partial charge in [-0.25, -0.2) is 10.1 Å². The van der Waals surface area contributed by atoms with E-state index in [9.17, 15) is 0 Å². The molecule has 1 heterocycles. The largest absolute Gasteiger partial charge is 0.355 e. The molecule has 1 N–H and O–H groups in total. The maximum Gasteiger partial charge on any atom is 0.218 e. The molecule has 4 heteroatoms. The van der Waals surface area contributed by atoms with Gasteiger partial charge in [-0.15, -0.1) is 0 Å². The van der Waals surface area contributed by atoms with Gasteiger partial charge in [0.25, 0.3) is 0 Å². The van der Waals surface area contributed by atoms with E-state index in [-0.39, 0.29) is 0 Å². The van der Waals surface area contributed by atoms with Crippen LogP contribution in [-0.2, 0) is 11.4 Å². The summed E-state index contributed by atoms with van der Waals surface area (Å²) in [6.07, 6.45) is 1.09. The second kappa shape index (κ2) is 6.25. The summed E-state index contributed by atoms with van der Waals surface area (Å²) in [6.45, 7) is 5.30. The summed E-state index contributed by atoms with van der Waals surface area (Å²) < 4.78 is 0. The molecule has 92 valence electrons. The maximum atomic E-state index is 5.74. The summed E-state index contributed by atoms with van der Waals surface area (Å²) >= 11 is 0. The molecule has 0 bridgehead atoms. The normalized spacial score (nSPS) is 14.9. The van der Waals surface area contributed by atoms with Crippen molar-refractivity contribution in [3.8, 4) is 0 Å². The summed E-state index contributed by atoms with van der Waals surface area (Å²) in [6, 6.07) is 10.2. The van der Waals surface area contributed by atoms with Crippen LogP contribution in [0.1, 0.15) is 18.9 Å². The minimum atomic E-state index is 0.591. The van der Waals surface area contributed by atoms with Gasteiger partial charge in [0, 0.05) is 6.54 Å². The third kappa shape index (κ3) is 3.46. The highest BCUT2D eigenvalue weighted by Crippen LogP contribution is 2.06. The van der Waals surface area contributed by atoms with E-state index in [0.29, 0.717) is 6.61 Å². The van der Waals surface area contributed by atoms with Gasteiger partial charge in [0.15, 0.2) is 0 Å². The molecule has 2 rings (SSSR count). The van der Waals surface area contributed by atoms with Crippen molar-refractivity contribution in [3.63, 3.8) is 0 Å². The van der Waals surface area contributed by atoms with Crippen LogP contribution in [0.15, 0.2) is 35.3 Å². The molecule has 4 nitrogen and oxygen atoms in total. The minimum Gasteiger partial charge on any atom is -0.355 e. The van der Waals surface area contributed by atoms with Crippen molar-refractivity contribution in [2.24, 2.45) is 4.99 Å². The van der Waals surface area contributed by atoms with Crippen molar-refractivity contribution in [2.75, 3.05) is 19.6 Å². The minimum absolute atomic E-state index is 0.591. The van der Waals surface area contributed by atoms with Crippen LogP contribution < -0.4 is 5.32 Å². The predicted octanol–water partition coefficient (Wildman–Crippen LogP) is 1.79. The molecule has 0 spiro atoms. The summed E-state index contributed by atoms with van der Waals surface area (Å²) in [4.78, 5) is 10.1. The SMILES string of the molecule is CCCNC1=NCCN1OCc1ccccc1. The zero-order valence-corrected chi connectivity index (χ0v) is 10.2. The van der Waals surface area contributed by atoms with Gasteiger partial charge in [0.1, 0.15) is 6.61 Å². The van der Waals surface area contributed by atoms with Crippen molar-refractivity contribution >= 4 is 5.96 Å². The molecule has 0 aliphatic carbocycles. The Balaban J connectivity index is 1.81. The third-order valence-electron chi connectivity index (χ3n) is 2.56. The van der Waals surface area contributed by atoms with Crippen LogP contribution >= 0.6 is 0 Å². The molecular formula is C13H19N3O. The molecule has 1 aromatic carbocycles. The number of nitrogens with one attached hydrogen (secondary N) is 1. The van der Waals surface area contributed by atoms with Gasteiger partial charge in [-0.2, -0.15) is 0 Å². The van der Waals surface area contributed by atoms with Crippen molar-refractivity contribution < 1.29 is 4.84 Å². The molecule has 0 fully saturated rings. The van der Waals surface area contributed by atoms with Crippen LogP contribution in [0.5, 0.6) is 0 Å². The summed E-state index contributed by atoms with van der Waals surface area (Å²) in [5.41, 5.74) is 1.18. The van der Waals surface area contributed by atoms with E-state index >= 15 is 0 Å². The molecule has 17 heavy (non-hydrogen) atoms. The summed E-state index contributed by atoms with van der Waals surface area (Å²) in [5.74, 6) is 0.864. The molecule has 0 saturated heterocycles. The number of hydrogen-bond donors (Lipinski definition) is 1. The van der Waals surface area contributed by atoms with Gasteiger partial charge in [0.2, 0.25) is 5.96 Å². The van der Waals surface area contributed by atoms with Crippen LogP contribution in [0.25, 0.3) is 0 Å². The quantitative estimate of drug-likeness (QED) is 0.842. The van der Waals surface area contributed by atoms with E-state index in [0.717, 1.165) is 32.0 Å². The van der Waals surface area contributed by atoms with Gasteiger partial charge in [-0.1, -0.05) is 37.3 Å². The van der Waals surface area contributed by atoms with Gasteiger partial charge in [-0.3, -0.25) is 4.84 Å². The first kappa shape index (κ1) is 11.9. The monoisotopic (exact) mass is 233 g/mol. The van der Waals surface area contributed by atoms with E-state index in [1.165, 1.54) is 5.56 Å². The molecule has 1 aliphatic rings. The van der Waals surface area contributed by atoms with Crippen molar-refractivity contribution in [2.45, 2.75) is 20.0 Å². The lowest BCUT2D eigenvalue weighted by atomic mass is 10.2. The second-order valence-electron chi connectivity index (χ2n) is 3.99. The van der Waals surface area contributed by atoms with E-state index in [4.69, 9.17) is 4.84 Å². The van der Waals surface area contributed by atoms with Gasteiger partial charge >= 0.3 is 0 Å². The number of hydroxylamine groups is 2. The van der Waals surface area contributed by atoms with Gasteiger partial charge < -0.3 is 5.32 Å². The van der Waals surface area contributed by atoms with E-state index < -0.39 is 0 Å². The second-order valence-corrected chi connectivity index (χ2v) is 3.99. The Morgan fingerprint density at radius 3 is 2.94 bits per heavy atom. The highest BCUT2D eigenvalue weighted by Gasteiger charge is 2.16. The third-order valence-corrected chi connectivity index (χ3v) is 2.56. The first-order chi connectivity index (χ1) is 8.40. The fourth-order valence-electron chi connectivity index (χ4n) is 1.66. The average Bonchev–Trinajstić information content (AvgIpc) is 2.82. The van der Waals surface area contributed by atoms with Crippen molar-refractivity contribution in [3.05, 3.63) is 35.9 Å². The number of hydrogen-bond acceptors (Lipinski definition) is 4. The Labute approximate surface area is 102 Å². The Hall–Kier alpha value is -1.55. The average molecular weight is 233 g/mol. The number of guanidine groups is 1. The van der Waals surface area contributed by atoms with Gasteiger partial charge in [0.05, 0.1) is 13.1 Å².